The van der Waals surface area contributed by atoms with Gasteiger partial charge in [0.05, 0.1) is 13.3 Å². The fourth-order valence-electron chi connectivity index (χ4n) is 2.96. The predicted octanol–water partition coefficient (Wildman–Crippen LogP) is 3.99. The van der Waals surface area contributed by atoms with Crippen LogP contribution in [0.2, 0.25) is 0 Å². The highest BCUT2D eigenvalue weighted by molar-refractivity contribution is 6.02. The van der Waals surface area contributed by atoms with Gasteiger partial charge in [-0.1, -0.05) is 30.3 Å². The van der Waals surface area contributed by atoms with Gasteiger partial charge in [-0.3, -0.25) is 4.79 Å². The molecule has 0 unspecified atom stereocenters. The van der Waals surface area contributed by atoms with E-state index in [0.717, 1.165) is 33.2 Å². The lowest BCUT2D eigenvalue weighted by Crippen LogP contribution is -2.24. The van der Waals surface area contributed by atoms with Crippen molar-refractivity contribution in [2.75, 3.05) is 13.7 Å². The van der Waals surface area contributed by atoms with Gasteiger partial charge in [-0.15, -0.1) is 0 Å². The molecule has 0 bridgehead atoms. The minimum absolute atomic E-state index is 0.0937. The number of benzene rings is 3. The Morgan fingerprint density at radius 2 is 1.74 bits per heavy atom. The molecule has 27 heavy (non-hydrogen) atoms. The number of fused-ring (bicyclic) bond motifs is 1. The second-order valence-electron chi connectivity index (χ2n) is 6.31. The molecule has 0 spiro atoms. The van der Waals surface area contributed by atoms with Crippen molar-refractivity contribution < 1.29 is 14.3 Å². The largest absolute Gasteiger partial charge is 0.496 e. The van der Waals surface area contributed by atoms with E-state index in [-0.39, 0.29) is 12.5 Å². The smallest absolute Gasteiger partial charge is 0.277 e. The molecule has 5 nitrogen and oxygen atoms in total. The number of hydrogen-bond donors (Lipinski definition) is 1. The Bertz CT molecular complexity index is 976. The van der Waals surface area contributed by atoms with E-state index in [0.29, 0.717) is 5.75 Å². The molecule has 0 aliphatic rings. The highest BCUT2D eigenvalue weighted by Gasteiger charge is 2.05. The van der Waals surface area contributed by atoms with Gasteiger partial charge in [0.15, 0.2) is 6.61 Å². The summed E-state index contributed by atoms with van der Waals surface area (Å²) >= 11 is 0. The normalized spacial score (nSPS) is 10.9. The summed E-state index contributed by atoms with van der Waals surface area (Å²) in [6.07, 6.45) is 1.62. The van der Waals surface area contributed by atoms with Crippen molar-refractivity contribution >= 4 is 22.9 Å². The van der Waals surface area contributed by atoms with Crippen LogP contribution in [-0.4, -0.2) is 25.8 Å². The first-order valence-electron chi connectivity index (χ1n) is 8.65. The van der Waals surface area contributed by atoms with Crippen LogP contribution in [0.3, 0.4) is 0 Å². The number of carbonyl (C=O) groups excluding carboxylic acids is 1. The fraction of sp³-hybridized carbons (Fsp3) is 0.182. The molecule has 0 aliphatic carbocycles. The van der Waals surface area contributed by atoms with E-state index in [1.807, 2.05) is 62.4 Å². The van der Waals surface area contributed by atoms with Crippen molar-refractivity contribution in [1.29, 1.82) is 0 Å². The summed E-state index contributed by atoms with van der Waals surface area (Å²) in [6, 6.07) is 17.5. The second kappa shape index (κ2) is 8.36. The van der Waals surface area contributed by atoms with Gasteiger partial charge in [0.25, 0.3) is 5.91 Å². The maximum Gasteiger partial charge on any atom is 0.277 e. The fourth-order valence-corrected chi connectivity index (χ4v) is 2.96. The topological polar surface area (TPSA) is 59.9 Å². The van der Waals surface area contributed by atoms with Crippen LogP contribution < -0.4 is 14.9 Å². The lowest BCUT2D eigenvalue weighted by molar-refractivity contribution is -0.123. The Morgan fingerprint density at radius 3 is 2.44 bits per heavy atom. The number of hydrogen-bond acceptors (Lipinski definition) is 4. The van der Waals surface area contributed by atoms with E-state index in [9.17, 15) is 4.79 Å². The van der Waals surface area contributed by atoms with E-state index in [2.05, 4.69) is 16.6 Å². The quantitative estimate of drug-likeness (QED) is 0.533. The van der Waals surface area contributed by atoms with Crippen molar-refractivity contribution in [2.45, 2.75) is 13.8 Å². The van der Waals surface area contributed by atoms with E-state index in [4.69, 9.17) is 9.47 Å². The molecule has 3 rings (SSSR count). The molecule has 3 aromatic rings. The molecular formula is C22H22N2O3. The predicted molar refractivity (Wildman–Crippen MR) is 108 cm³/mol. The van der Waals surface area contributed by atoms with Crippen LogP contribution in [0.5, 0.6) is 11.5 Å². The highest BCUT2D eigenvalue weighted by Crippen LogP contribution is 2.27. The minimum atomic E-state index is -0.316. The van der Waals surface area contributed by atoms with Crippen LogP contribution in [0.1, 0.15) is 16.7 Å². The van der Waals surface area contributed by atoms with E-state index < -0.39 is 0 Å². The van der Waals surface area contributed by atoms with E-state index in [1.165, 1.54) is 0 Å². The molecule has 3 aromatic carbocycles. The van der Waals surface area contributed by atoms with Gasteiger partial charge in [-0.2, -0.15) is 5.10 Å². The molecule has 1 N–H and O–H groups in total. The van der Waals surface area contributed by atoms with Crippen LogP contribution in [-0.2, 0) is 4.79 Å². The van der Waals surface area contributed by atoms with E-state index >= 15 is 0 Å². The molecule has 138 valence electrons. The van der Waals surface area contributed by atoms with Gasteiger partial charge >= 0.3 is 0 Å². The van der Waals surface area contributed by atoms with Gasteiger partial charge in [0.1, 0.15) is 11.5 Å². The molecule has 0 aromatic heterocycles. The standard InChI is InChI=1S/C22H22N2O3/c1-15-10-16(2)12-18(11-15)27-14-22(25)24-23-13-17-8-9-21(26-3)20-7-5-4-6-19(17)20/h4-13H,14H2,1-3H3,(H,24,25). The van der Waals surface area contributed by atoms with Gasteiger partial charge in [0, 0.05) is 10.9 Å². The molecule has 0 aliphatic heterocycles. The average molecular weight is 362 g/mol. The van der Waals surface area contributed by atoms with Crippen molar-refractivity contribution in [3.63, 3.8) is 0 Å². The first-order chi connectivity index (χ1) is 13.1. The lowest BCUT2D eigenvalue weighted by atomic mass is 10.0. The molecule has 0 fully saturated rings. The number of rotatable bonds is 6. The third-order valence-electron chi connectivity index (χ3n) is 4.10. The number of nitrogens with one attached hydrogen (secondary N) is 1. The summed E-state index contributed by atoms with van der Waals surface area (Å²) in [5, 5.41) is 6.04. The van der Waals surface area contributed by atoms with Gasteiger partial charge in [0.2, 0.25) is 0 Å². The number of carbonyl (C=O) groups is 1. The van der Waals surface area contributed by atoms with Crippen molar-refractivity contribution in [3.8, 4) is 11.5 Å². The molecular weight excluding hydrogens is 340 g/mol. The summed E-state index contributed by atoms with van der Waals surface area (Å²) in [7, 11) is 1.64. The molecule has 0 radical (unpaired) electrons. The van der Waals surface area contributed by atoms with Gasteiger partial charge < -0.3 is 9.47 Å². The Kier molecular flexibility index (Phi) is 5.71. The first-order valence-corrected chi connectivity index (χ1v) is 8.65. The molecule has 5 heteroatoms. The lowest BCUT2D eigenvalue weighted by Gasteiger charge is -2.08. The SMILES string of the molecule is COc1ccc(C=NNC(=O)COc2cc(C)cc(C)c2)c2ccccc12. The third kappa shape index (κ3) is 4.64. The van der Waals surface area contributed by atoms with Crippen LogP contribution >= 0.6 is 0 Å². The van der Waals surface area contributed by atoms with Gasteiger partial charge in [-0.05, 0) is 54.6 Å². The third-order valence-corrected chi connectivity index (χ3v) is 4.10. The summed E-state index contributed by atoms with van der Waals surface area (Å²) in [4.78, 5) is 12.0. The summed E-state index contributed by atoms with van der Waals surface area (Å²) in [5.74, 6) is 1.16. The average Bonchev–Trinajstić information content (AvgIpc) is 2.66. The zero-order valence-corrected chi connectivity index (χ0v) is 15.7. The van der Waals surface area contributed by atoms with E-state index in [1.54, 1.807) is 13.3 Å². The van der Waals surface area contributed by atoms with Crippen LogP contribution in [0.4, 0.5) is 0 Å². The minimum Gasteiger partial charge on any atom is -0.496 e. The molecule has 0 atom stereocenters. The molecule has 1 amide bonds. The highest BCUT2D eigenvalue weighted by atomic mass is 16.5. The number of ether oxygens (including phenoxy) is 2. The number of aryl methyl sites for hydroxylation is 2. The van der Waals surface area contributed by atoms with Crippen molar-refractivity contribution in [1.82, 2.24) is 5.43 Å². The zero-order valence-electron chi connectivity index (χ0n) is 15.7. The van der Waals surface area contributed by atoms with Crippen molar-refractivity contribution in [3.05, 3.63) is 71.3 Å². The monoisotopic (exact) mass is 362 g/mol. The summed E-state index contributed by atoms with van der Waals surface area (Å²) in [6.45, 7) is 3.89. The summed E-state index contributed by atoms with van der Waals surface area (Å²) < 4.78 is 10.9. The van der Waals surface area contributed by atoms with Crippen LogP contribution in [0.15, 0.2) is 59.7 Å². The number of nitrogens with zero attached hydrogens (tertiary/aromatic N) is 1. The van der Waals surface area contributed by atoms with Gasteiger partial charge in [-0.25, -0.2) is 5.43 Å². The Labute approximate surface area is 158 Å². The molecule has 0 saturated carbocycles. The Morgan fingerprint density at radius 1 is 1.04 bits per heavy atom. The summed E-state index contributed by atoms with van der Waals surface area (Å²) in [5.41, 5.74) is 5.57. The maximum atomic E-state index is 12.0. The number of hydrazone groups is 1. The van der Waals surface area contributed by atoms with Crippen molar-refractivity contribution in [2.24, 2.45) is 5.10 Å². The van der Waals surface area contributed by atoms with Crippen LogP contribution in [0.25, 0.3) is 10.8 Å². The van der Waals surface area contributed by atoms with Crippen LogP contribution in [0, 0.1) is 13.8 Å². The molecule has 0 heterocycles. The number of amides is 1. The second-order valence-corrected chi connectivity index (χ2v) is 6.31. The Hall–Kier alpha value is -3.34. The Balaban J connectivity index is 1.63. The molecule has 0 saturated heterocycles. The maximum absolute atomic E-state index is 12.0. The zero-order chi connectivity index (χ0) is 19.2. The number of methoxy groups -OCH3 is 1. The first kappa shape index (κ1) is 18.5.